The van der Waals surface area contributed by atoms with E-state index in [-0.39, 0.29) is 11.3 Å². The minimum Gasteiger partial charge on any atom is -0.505 e. The number of hydrogen-bond donors (Lipinski definition) is 2. The predicted molar refractivity (Wildman–Crippen MR) is 93.7 cm³/mol. The van der Waals surface area contributed by atoms with E-state index in [0.717, 1.165) is 23.1 Å². The smallest absolute Gasteiger partial charge is 0.340 e. The number of hydrogen-bond acceptors (Lipinski definition) is 3. The van der Waals surface area contributed by atoms with E-state index in [4.69, 9.17) is 0 Å². The Morgan fingerprint density at radius 2 is 1.83 bits per heavy atom. The van der Waals surface area contributed by atoms with Gasteiger partial charge >= 0.3 is 5.97 Å². The van der Waals surface area contributed by atoms with Crippen LogP contribution in [0.15, 0.2) is 42.5 Å². The Balaban J connectivity index is 2.22. The monoisotopic (exact) mass is 321 g/mol. The van der Waals surface area contributed by atoms with E-state index in [2.05, 4.69) is 4.98 Å². The Kier molecular flexibility index (Phi) is 4.21. The van der Waals surface area contributed by atoms with Gasteiger partial charge in [-0.15, -0.1) is 0 Å². The van der Waals surface area contributed by atoms with Gasteiger partial charge in [-0.1, -0.05) is 55.0 Å². The third-order valence-electron chi connectivity index (χ3n) is 4.23. The Morgan fingerprint density at radius 1 is 1.12 bits per heavy atom. The molecule has 0 aliphatic carbocycles. The molecular formula is C20H19NO3. The van der Waals surface area contributed by atoms with E-state index in [9.17, 15) is 15.0 Å². The highest BCUT2D eigenvalue weighted by Crippen LogP contribution is 2.32. The summed E-state index contributed by atoms with van der Waals surface area (Å²) in [4.78, 5) is 16.3. The first-order chi connectivity index (χ1) is 11.5. The molecule has 2 N–H and O–H groups in total. The number of nitrogens with zero attached hydrogens (tertiary/aromatic N) is 1. The second-order valence-electron chi connectivity index (χ2n) is 5.92. The summed E-state index contributed by atoms with van der Waals surface area (Å²) < 4.78 is 0. The summed E-state index contributed by atoms with van der Waals surface area (Å²) in [6, 6.07) is 13.3. The molecule has 0 saturated heterocycles. The first-order valence-electron chi connectivity index (χ1n) is 7.93. The van der Waals surface area contributed by atoms with E-state index >= 15 is 0 Å². The number of aromatic carboxylic acids is 1. The molecule has 24 heavy (non-hydrogen) atoms. The summed E-state index contributed by atoms with van der Waals surface area (Å²) in [7, 11) is 0. The number of pyridine rings is 1. The molecular weight excluding hydrogens is 302 g/mol. The number of carboxylic acid groups (broad SMARTS) is 1. The van der Waals surface area contributed by atoms with Gasteiger partial charge in [-0.3, -0.25) is 0 Å². The molecule has 0 fully saturated rings. The summed E-state index contributed by atoms with van der Waals surface area (Å²) in [5.74, 6) is -1.39. The molecule has 4 heteroatoms. The number of para-hydroxylation sites is 1. The van der Waals surface area contributed by atoms with Gasteiger partial charge in [0.25, 0.3) is 0 Å². The average Bonchev–Trinajstić information content (AvgIpc) is 2.56. The second kappa shape index (κ2) is 6.32. The van der Waals surface area contributed by atoms with Gasteiger partial charge in [0.15, 0.2) is 5.75 Å². The normalized spacial score (nSPS) is 10.9. The number of aryl methyl sites for hydroxylation is 2. The molecule has 122 valence electrons. The molecule has 0 spiro atoms. The average molecular weight is 321 g/mol. The van der Waals surface area contributed by atoms with E-state index in [1.165, 1.54) is 0 Å². The second-order valence-corrected chi connectivity index (χ2v) is 5.92. The molecule has 3 aromatic rings. The van der Waals surface area contributed by atoms with Crippen molar-refractivity contribution in [2.45, 2.75) is 26.7 Å². The Hall–Kier alpha value is -2.88. The van der Waals surface area contributed by atoms with Crippen molar-refractivity contribution in [3.63, 3.8) is 0 Å². The van der Waals surface area contributed by atoms with Crippen LogP contribution in [0.2, 0.25) is 0 Å². The zero-order valence-electron chi connectivity index (χ0n) is 13.7. The molecule has 0 aliphatic heterocycles. The van der Waals surface area contributed by atoms with Crippen LogP contribution in [0.5, 0.6) is 5.75 Å². The van der Waals surface area contributed by atoms with Crippen molar-refractivity contribution in [1.82, 2.24) is 4.98 Å². The van der Waals surface area contributed by atoms with Crippen molar-refractivity contribution in [1.29, 1.82) is 0 Å². The molecule has 1 heterocycles. The largest absolute Gasteiger partial charge is 0.505 e. The summed E-state index contributed by atoms with van der Waals surface area (Å²) in [6.07, 6.45) is 1.14. The van der Waals surface area contributed by atoms with Crippen LogP contribution in [-0.2, 0) is 12.8 Å². The lowest BCUT2D eigenvalue weighted by Gasteiger charge is -2.13. The zero-order chi connectivity index (χ0) is 17.3. The van der Waals surface area contributed by atoms with Crippen LogP contribution in [0.3, 0.4) is 0 Å². The van der Waals surface area contributed by atoms with E-state index < -0.39 is 5.97 Å². The van der Waals surface area contributed by atoms with Gasteiger partial charge in [-0.05, 0) is 24.5 Å². The van der Waals surface area contributed by atoms with Crippen LogP contribution in [0.25, 0.3) is 10.9 Å². The summed E-state index contributed by atoms with van der Waals surface area (Å²) >= 11 is 0. The lowest BCUT2D eigenvalue weighted by Crippen LogP contribution is -2.05. The first kappa shape index (κ1) is 16.0. The van der Waals surface area contributed by atoms with Crippen LogP contribution in [0, 0.1) is 6.92 Å². The van der Waals surface area contributed by atoms with E-state index in [0.29, 0.717) is 23.0 Å². The van der Waals surface area contributed by atoms with Crippen molar-refractivity contribution in [2.75, 3.05) is 0 Å². The highest BCUT2D eigenvalue weighted by Gasteiger charge is 2.21. The fourth-order valence-corrected chi connectivity index (χ4v) is 2.91. The first-order valence-corrected chi connectivity index (χ1v) is 7.93. The van der Waals surface area contributed by atoms with Gasteiger partial charge < -0.3 is 10.2 Å². The predicted octanol–water partition coefficient (Wildman–Crippen LogP) is 4.10. The van der Waals surface area contributed by atoms with Gasteiger partial charge in [0.1, 0.15) is 5.56 Å². The van der Waals surface area contributed by atoms with Crippen LogP contribution < -0.4 is 0 Å². The van der Waals surface area contributed by atoms with Gasteiger partial charge in [0.2, 0.25) is 0 Å². The standard InChI is InChI=1S/C20H19NO3/c1-3-14-5-4-6-15-17(20(23)24)19(22)16(21-18(14)15)11-13-9-7-12(2)8-10-13/h4-10,22H,3,11H2,1-2H3,(H,23,24). The molecule has 2 aromatic carbocycles. The van der Waals surface area contributed by atoms with Crippen molar-refractivity contribution < 1.29 is 15.0 Å². The number of benzene rings is 2. The van der Waals surface area contributed by atoms with Crippen molar-refractivity contribution in [2.24, 2.45) is 0 Å². The van der Waals surface area contributed by atoms with Crippen LogP contribution in [0.1, 0.15) is 39.7 Å². The fraction of sp³-hybridized carbons (Fsp3) is 0.200. The van der Waals surface area contributed by atoms with Gasteiger partial charge in [-0.25, -0.2) is 9.78 Å². The fourth-order valence-electron chi connectivity index (χ4n) is 2.91. The Bertz CT molecular complexity index is 914. The topological polar surface area (TPSA) is 70.4 Å². The highest BCUT2D eigenvalue weighted by molar-refractivity contribution is 6.06. The number of rotatable bonds is 4. The van der Waals surface area contributed by atoms with Crippen molar-refractivity contribution >= 4 is 16.9 Å². The van der Waals surface area contributed by atoms with Crippen molar-refractivity contribution in [3.05, 3.63) is 70.4 Å². The summed E-state index contributed by atoms with van der Waals surface area (Å²) in [5, 5.41) is 20.5. The van der Waals surface area contributed by atoms with Crippen LogP contribution >= 0.6 is 0 Å². The quantitative estimate of drug-likeness (QED) is 0.759. The van der Waals surface area contributed by atoms with Crippen LogP contribution in [0.4, 0.5) is 0 Å². The van der Waals surface area contributed by atoms with Crippen LogP contribution in [-0.4, -0.2) is 21.2 Å². The molecule has 0 aliphatic rings. The molecule has 4 nitrogen and oxygen atoms in total. The number of fused-ring (bicyclic) bond motifs is 1. The molecule has 3 rings (SSSR count). The molecule has 0 bridgehead atoms. The lowest BCUT2D eigenvalue weighted by molar-refractivity contribution is 0.0695. The molecule has 0 unspecified atom stereocenters. The zero-order valence-corrected chi connectivity index (χ0v) is 13.7. The van der Waals surface area contributed by atoms with Gasteiger partial charge in [0.05, 0.1) is 11.2 Å². The van der Waals surface area contributed by atoms with Gasteiger partial charge in [0, 0.05) is 11.8 Å². The van der Waals surface area contributed by atoms with E-state index in [1.54, 1.807) is 12.1 Å². The SMILES string of the molecule is CCc1cccc2c(C(=O)O)c(O)c(Cc3ccc(C)cc3)nc12. The molecule has 0 atom stereocenters. The lowest BCUT2D eigenvalue weighted by atomic mass is 9.99. The maximum atomic E-state index is 11.7. The molecule has 1 aromatic heterocycles. The summed E-state index contributed by atoms with van der Waals surface area (Å²) in [6.45, 7) is 4.01. The number of carboxylic acids is 1. The Morgan fingerprint density at radius 3 is 2.46 bits per heavy atom. The number of aromatic hydroxyl groups is 1. The number of carbonyl (C=O) groups is 1. The maximum absolute atomic E-state index is 11.7. The molecule has 0 amide bonds. The Labute approximate surface area is 140 Å². The third-order valence-corrected chi connectivity index (χ3v) is 4.23. The van der Waals surface area contributed by atoms with Gasteiger partial charge in [-0.2, -0.15) is 0 Å². The molecule has 0 radical (unpaired) electrons. The minimum atomic E-state index is -1.14. The summed E-state index contributed by atoms with van der Waals surface area (Å²) in [5.41, 5.74) is 4.07. The van der Waals surface area contributed by atoms with Crippen molar-refractivity contribution in [3.8, 4) is 5.75 Å². The molecule has 0 saturated carbocycles. The minimum absolute atomic E-state index is 0.0718. The third kappa shape index (κ3) is 2.83. The number of aromatic nitrogens is 1. The maximum Gasteiger partial charge on any atom is 0.340 e. The van der Waals surface area contributed by atoms with E-state index in [1.807, 2.05) is 44.2 Å². The highest BCUT2D eigenvalue weighted by atomic mass is 16.4.